The van der Waals surface area contributed by atoms with Crippen LogP contribution in [0.25, 0.3) is 38.3 Å². The minimum atomic E-state index is -0.485. The molecular weight excluding hydrogens is 468 g/mol. The summed E-state index contributed by atoms with van der Waals surface area (Å²) >= 11 is 1.65. The highest BCUT2D eigenvalue weighted by atomic mass is 32.1. The number of aromatic nitrogens is 3. The van der Waals surface area contributed by atoms with Gasteiger partial charge < -0.3 is 14.6 Å². The molecule has 0 spiro atoms. The highest BCUT2D eigenvalue weighted by Gasteiger charge is 2.24. The minimum absolute atomic E-state index is 0.261. The Hall–Kier alpha value is -3.45. The van der Waals surface area contributed by atoms with E-state index in [9.17, 15) is 4.79 Å². The molecule has 5 rings (SSSR count). The van der Waals surface area contributed by atoms with Gasteiger partial charge in [0.05, 0.1) is 5.69 Å². The molecule has 0 aliphatic carbocycles. The molecule has 1 aliphatic heterocycles. The van der Waals surface area contributed by atoms with E-state index < -0.39 is 5.60 Å². The van der Waals surface area contributed by atoms with Crippen LogP contribution >= 0.6 is 11.3 Å². The molecule has 0 saturated heterocycles. The summed E-state index contributed by atoms with van der Waals surface area (Å²) < 4.78 is 5.50. The van der Waals surface area contributed by atoms with Crippen LogP contribution in [0.15, 0.2) is 41.8 Å². The maximum atomic E-state index is 12.4. The van der Waals surface area contributed by atoms with Crippen molar-refractivity contribution in [1.82, 2.24) is 19.9 Å². The Morgan fingerprint density at radius 3 is 2.47 bits per heavy atom. The highest BCUT2D eigenvalue weighted by molar-refractivity contribution is 7.13. The molecule has 0 unspecified atom stereocenters. The minimum Gasteiger partial charge on any atom is -0.444 e. The number of pyridine rings is 1. The lowest BCUT2D eigenvalue weighted by atomic mass is 10.0. The van der Waals surface area contributed by atoms with Crippen molar-refractivity contribution in [3.63, 3.8) is 0 Å². The lowest BCUT2D eigenvalue weighted by Gasteiger charge is -2.29. The topological polar surface area (TPSA) is 71.1 Å². The van der Waals surface area contributed by atoms with Gasteiger partial charge >= 0.3 is 6.09 Å². The summed E-state index contributed by atoms with van der Waals surface area (Å²) in [5.41, 5.74) is 9.47. The Balaban J connectivity index is 1.37. The second kappa shape index (κ2) is 9.21. The van der Waals surface area contributed by atoms with Gasteiger partial charge in [-0.15, -0.1) is 11.3 Å². The molecule has 1 aliphatic rings. The van der Waals surface area contributed by atoms with E-state index in [0.29, 0.717) is 13.1 Å². The number of fused-ring (bicyclic) bond motifs is 1. The van der Waals surface area contributed by atoms with Crippen molar-refractivity contribution in [2.24, 2.45) is 0 Å². The summed E-state index contributed by atoms with van der Waals surface area (Å²) in [5.74, 6) is 0. The number of carbonyl (C=O) groups is 1. The fourth-order valence-electron chi connectivity index (χ4n) is 4.69. The molecule has 0 saturated carbocycles. The average molecular weight is 501 g/mol. The van der Waals surface area contributed by atoms with E-state index in [-0.39, 0.29) is 6.09 Å². The number of rotatable bonds is 3. The zero-order valence-electron chi connectivity index (χ0n) is 21.7. The zero-order valence-corrected chi connectivity index (χ0v) is 22.5. The molecule has 6 nitrogen and oxygen atoms in total. The number of H-pyrrole nitrogens is 1. The Morgan fingerprint density at radius 1 is 1.06 bits per heavy atom. The van der Waals surface area contributed by atoms with Gasteiger partial charge in [-0.1, -0.05) is 18.2 Å². The second-order valence-corrected chi connectivity index (χ2v) is 11.3. The van der Waals surface area contributed by atoms with E-state index in [0.717, 1.165) is 50.8 Å². The van der Waals surface area contributed by atoms with Crippen molar-refractivity contribution in [2.75, 3.05) is 13.1 Å². The summed E-state index contributed by atoms with van der Waals surface area (Å²) in [6.07, 6.45) is 2.60. The second-order valence-electron chi connectivity index (χ2n) is 10.5. The number of hydrogen-bond acceptors (Lipinski definition) is 5. The van der Waals surface area contributed by atoms with Gasteiger partial charge in [-0.3, -0.25) is 4.98 Å². The van der Waals surface area contributed by atoms with Gasteiger partial charge in [-0.2, -0.15) is 0 Å². The number of ether oxygens (including phenoxy) is 1. The van der Waals surface area contributed by atoms with Crippen molar-refractivity contribution in [3.8, 4) is 21.8 Å². The molecule has 4 heterocycles. The van der Waals surface area contributed by atoms with Crippen LogP contribution < -0.4 is 0 Å². The molecular formula is C29H32N4O2S. The molecule has 3 aromatic heterocycles. The van der Waals surface area contributed by atoms with E-state index >= 15 is 0 Å². The van der Waals surface area contributed by atoms with E-state index in [4.69, 9.17) is 9.72 Å². The first kappa shape index (κ1) is 24.3. The summed E-state index contributed by atoms with van der Waals surface area (Å²) in [5, 5.41) is 4.32. The first-order chi connectivity index (χ1) is 17.1. The predicted molar refractivity (Wildman–Crippen MR) is 147 cm³/mol. The van der Waals surface area contributed by atoms with Crippen molar-refractivity contribution >= 4 is 33.9 Å². The summed E-state index contributed by atoms with van der Waals surface area (Å²) in [4.78, 5) is 27.2. The van der Waals surface area contributed by atoms with Gasteiger partial charge in [0, 0.05) is 57.6 Å². The number of aromatic amines is 1. The van der Waals surface area contributed by atoms with Gasteiger partial charge in [0.15, 0.2) is 0 Å². The number of thiazole rings is 1. The number of nitrogens with one attached hydrogen (secondary N) is 1. The van der Waals surface area contributed by atoms with E-state index in [1.54, 1.807) is 16.2 Å². The summed E-state index contributed by atoms with van der Waals surface area (Å²) in [6.45, 7) is 13.1. The van der Waals surface area contributed by atoms with Crippen molar-refractivity contribution < 1.29 is 9.53 Å². The van der Waals surface area contributed by atoms with Crippen LogP contribution in [0.5, 0.6) is 0 Å². The molecule has 1 N–H and O–H groups in total. The summed E-state index contributed by atoms with van der Waals surface area (Å²) in [7, 11) is 0. The van der Waals surface area contributed by atoms with Crippen LogP contribution in [-0.4, -0.2) is 44.6 Å². The molecule has 1 amide bonds. The molecule has 36 heavy (non-hydrogen) atoms. The normalized spacial score (nSPS) is 14.3. The monoisotopic (exact) mass is 500 g/mol. The lowest BCUT2D eigenvalue weighted by Crippen LogP contribution is -2.39. The molecule has 0 bridgehead atoms. The first-order valence-electron chi connectivity index (χ1n) is 12.3. The average Bonchev–Trinajstić information content (AvgIpc) is 3.42. The third kappa shape index (κ3) is 4.93. The number of amides is 1. The van der Waals surface area contributed by atoms with Crippen LogP contribution in [0, 0.1) is 20.8 Å². The Kier molecular flexibility index (Phi) is 6.20. The van der Waals surface area contributed by atoms with Gasteiger partial charge in [0.25, 0.3) is 0 Å². The van der Waals surface area contributed by atoms with Gasteiger partial charge in [-0.05, 0) is 77.3 Å². The number of benzene rings is 1. The lowest BCUT2D eigenvalue weighted by molar-refractivity contribution is 0.0270. The standard InChI is InChI=1S/C29H32N4O2S/c1-17-13-22(14-18(2)30-17)26-19(3)23-8-7-21(15-24(23)31-26)27-32-25(16-36-27)20-9-11-33(12-10-20)28(34)35-29(4,5)6/h7-9,13-16,31H,10-12H2,1-6H3. The molecule has 1 aromatic carbocycles. The highest BCUT2D eigenvalue weighted by Crippen LogP contribution is 2.35. The fraction of sp³-hybridized carbons (Fsp3) is 0.345. The molecule has 186 valence electrons. The maximum Gasteiger partial charge on any atom is 0.410 e. The van der Waals surface area contributed by atoms with E-state index in [2.05, 4.69) is 58.7 Å². The number of nitrogens with zero attached hydrogens (tertiary/aromatic N) is 3. The molecule has 0 atom stereocenters. The number of aryl methyl sites for hydroxylation is 3. The number of hydrogen-bond donors (Lipinski definition) is 1. The first-order valence-corrected chi connectivity index (χ1v) is 13.2. The van der Waals surface area contributed by atoms with Crippen LogP contribution in [-0.2, 0) is 4.74 Å². The SMILES string of the molecule is Cc1cc(-c2[nH]c3cc(-c4nc(C5=CCN(C(=O)OC(C)(C)C)CC5)cs4)ccc3c2C)cc(C)n1. The third-order valence-electron chi connectivity index (χ3n) is 6.37. The van der Waals surface area contributed by atoms with E-state index in [1.807, 2.05) is 34.6 Å². The van der Waals surface area contributed by atoms with Gasteiger partial charge in [-0.25, -0.2) is 9.78 Å². The fourth-order valence-corrected chi connectivity index (χ4v) is 5.53. The molecule has 0 radical (unpaired) electrons. The van der Waals surface area contributed by atoms with Crippen molar-refractivity contribution in [3.05, 3.63) is 64.4 Å². The molecule has 0 fully saturated rings. The molecule has 7 heteroatoms. The third-order valence-corrected chi connectivity index (χ3v) is 7.26. The number of carbonyl (C=O) groups excluding carboxylic acids is 1. The van der Waals surface area contributed by atoms with Gasteiger partial charge in [0.2, 0.25) is 0 Å². The Morgan fingerprint density at radius 2 is 1.81 bits per heavy atom. The van der Waals surface area contributed by atoms with E-state index in [1.165, 1.54) is 16.5 Å². The quantitative estimate of drug-likeness (QED) is 0.320. The summed E-state index contributed by atoms with van der Waals surface area (Å²) in [6, 6.07) is 10.8. The van der Waals surface area contributed by atoms with Crippen molar-refractivity contribution in [1.29, 1.82) is 0 Å². The molecule has 4 aromatic rings. The maximum absolute atomic E-state index is 12.4. The smallest absolute Gasteiger partial charge is 0.410 e. The van der Waals surface area contributed by atoms with Gasteiger partial charge in [0.1, 0.15) is 10.6 Å². The van der Waals surface area contributed by atoms with Crippen LogP contribution in [0.3, 0.4) is 0 Å². The Labute approximate surface area is 216 Å². The van der Waals surface area contributed by atoms with Crippen LogP contribution in [0.2, 0.25) is 0 Å². The van der Waals surface area contributed by atoms with Crippen molar-refractivity contribution in [2.45, 2.75) is 53.6 Å². The predicted octanol–water partition coefficient (Wildman–Crippen LogP) is 7.30. The Bertz CT molecular complexity index is 1470. The van der Waals surface area contributed by atoms with Crippen LogP contribution in [0.4, 0.5) is 4.79 Å². The zero-order chi connectivity index (χ0) is 25.6. The van der Waals surface area contributed by atoms with Crippen LogP contribution in [0.1, 0.15) is 49.8 Å². The largest absolute Gasteiger partial charge is 0.444 e.